The van der Waals surface area contributed by atoms with Crippen molar-refractivity contribution >= 4 is 29.9 Å². The smallest absolute Gasteiger partial charge is 0.422 e. The molecule has 0 unspecified atom stereocenters. The molecule has 0 aliphatic carbocycles. The number of rotatable bonds is 7. The molecule has 1 aromatic carbocycles. The van der Waals surface area contributed by atoms with Crippen molar-refractivity contribution in [1.82, 2.24) is 15.6 Å². The van der Waals surface area contributed by atoms with E-state index >= 15 is 0 Å². The topological polar surface area (TPSA) is 58.5 Å². The zero-order valence-corrected chi connectivity index (χ0v) is 17.1. The molecule has 0 spiro atoms. The van der Waals surface area contributed by atoms with Crippen LogP contribution in [0.5, 0.6) is 5.75 Å². The van der Waals surface area contributed by atoms with Gasteiger partial charge in [0, 0.05) is 38.4 Å². The summed E-state index contributed by atoms with van der Waals surface area (Å²) in [4.78, 5) is 8.36. The molecule has 2 rings (SSSR count). The van der Waals surface area contributed by atoms with Crippen LogP contribution >= 0.6 is 24.0 Å². The van der Waals surface area contributed by atoms with Crippen molar-refractivity contribution in [3.63, 3.8) is 0 Å². The number of aromatic nitrogens is 1. The van der Waals surface area contributed by atoms with Gasteiger partial charge >= 0.3 is 6.18 Å². The second-order valence-electron chi connectivity index (χ2n) is 5.47. The Balaban J connectivity index is 0.00000364. The van der Waals surface area contributed by atoms with E-state index in [1.54, 1.807) is 31.4 Å². The summed E-state index contributed by atoms with van der Waals surface area (Å²) in [5.41, 5.74) is 1.77. The third-order valence-electron chi connectivity index (χ3n) is 3.38. The molecule has 1 aromatic heterocycles. The van der Waals surface area contributed by atoms with E-state index in [9.17, 15) is 13.2 Å². The third kappa shape index (κ3) is 9.45. The Hall–Kier alpha value is -2.04. The molecule has 0 aliphatic heterocycles. The average molecular weight is 494 g/mol. The lowest BCUT2D eigenvalue weighted by Gasteiger charge is -2.13. The molecule has 0 saturated heterocycles. The van der Waals surface area contributed by atoms with E-state index in [2.05, 4.69) is 20.6 Å². The summed E-state index contributed by atoms with van der Waals surface area (Å²) in [6.07, 6.45) is -1.85. The van der Waals surface area contributed by atoms with E-state index in [1.165, 1.54) is 6.07 Å². The standard InChI is InChI=1S/C18H21F3N4O.HI/c1-22-17(24-10-8-15-6-2-3-9-23-15)25-12-14-5-4-7-16(11-14)26-13-18(19,20)21;/h2-7,9,11H,8,10,12-13H2,1H3,(H2,22,24,25);1H. The van der Waals surface area contributed by atoms with Crippen LogP contribution in [0.1, 0.15) is 11.3 Å². The summed E-state index contributed by atoms with van der Waals surface area (Å²) in [6, 6.07) is 12.3. The van der Waals surface area contributed by atoms with Crippen molar-refractivity contribution in [2.24, 2.45) is 4.99 Å². The van der Waals surface area contributed by atoms with Gasteiger partial charge in [0.05, 0.1) is 0 Å². The summed E-state index contributed by atoms with van der Waals surface area (Å²) in [5.74, 6) is 0.780. The number of benzene rings is 1. The molecule has 2 N–H and O–H groups in total. The van der Waals surface area contributed by atoms with Crippen molar-refractivity contribution in [1.29, 1.82) is 0 Å². The highest BCUT2D eigenvalue weighted by atomic mass is 127. The maximum absolute atomic E-state index is 12.2. The van der Waals surface area contributed by atoms with Gasteiger partial charge in [0.2, 0.25) is 0 Å². The number of alkyl halides is 3. The van der Waals surface area contributed by atoms with Crippen molar-refractivity contribution < 1.29 is 17.9 Å². The van der Waals surface area contributed by atoms with Crippen LogP contribution in [0.15, 0.2) is 53.7 Å². The molecule has 27 heavy (non-hydrogen) atoms. The van der Waals surface area contributed by atoms with Crippen molar-refractivity contribution in [2.45, 2.75) is 19.1 Å². The minimum absolute atomic E-state index is 0. The number of hydrogen-bond acceptors (Lipinski definition) is 3. The van der Waals surface area contributed by atoms with Crippen LogP contribution in [0.25, 0.3) is 0 Å². The number of halogens is 4. The van der Waals surface area contributed by atoms with Crippen LogP contribution in [0.4, 0.5) is 13.2 Å². The van der Waals surface area contributed by atoms with Crippen molar-refractivity contribution in [3.8, 4) is 5.75 Å². The Kier molecular flexibility index (Phi) is 9.90. The number of guanidine groups is 1. The summed E-state index contributed by atoms with van der Waals surface area (Å²) in [7, 11) is 1.65. The molecule has 1 heterocycles. The van der Waals surface area contributed by atoms with Gasteiger partial charge in [-0.05, 0) is 29.8 Å². The quantitative estimate of drug-likeness (QED) is 0.352. The first kappa shape index (κ1) is 23.0. The summed E-state index contributed by atoms with van der Waals surface area (Å²) in [6.45, 7) is -0.238. The fraction of sp³-hybridized carbons (Fsp3) is 0.333. The normalized spacial score (nSPS) is 11.5. The summed E-state index contributed by atoms with van der Waals surface area (Å²) < 4.78 is 41.4. The number of aliphatic imine (C=N–C) groups is 1. The summed E-state index contributed by atoms with van der Waals surface area (Å²) >= 11 is 0. The fourth-order valence-corrected chi connectivity index (χ4v) is 2.17. The molecular weight excluding hydrogens is 472 g/mol. The Morgan fingerprint density at radius 2 is 1.96 bits per heavy atom. The van der Waals surface area contributed by atoms with Crippen LogP contribution < -0.4 is 15.4 Å². The summed E-state index contributed by atoms with van der Waals surface area (Å²) in [5, 5.41) is 6.28. The van der Waals surface area contributed by atoms with Crippen molar-refractivity contribution in [3.05, 3.63) is 59.9 Å². The van der Waals surface area contributed by atoms with Crippen LogP contribution in [-0.4, -0.2) is 37.3 Å². The molecule has 0 saturated carbocycles. The minimum atomic E-state index is -4.35. The van der Waals surface area contributed by atoms with E-state index in [1.807, 2.05) is 18.2 Å². The predicted octanol–water partition coefficient (Wildman–Crippen LogP) is 3.55. The first-order chi connectivity index (χ1) is 12.5. The largest absolute Gasteiger partial charge is 0.484 e. The maximum atomic E-state index is 12.2. The van der Waals surface area contributed by atoms with Gasteiger partial charge in [-0.3, -0.25) is 9.98 Å². The zero-order valence-electron chi connectivity index (χ0n) is 14.8. The van der Waals surface area contributed by atoms with Crippen LogP contribution in [0, 0.1) is 0 Å². The highest BCUT2D eigenvalue weighted by molar-refractivity contribution is 14.0. The number of pyridine rings is 1. The fourth-order valence-electron chi connectivity index (χ4n) is 2.17. The van der Waals surface area contributed by atoms with E-state index < -0.39 is 12.8 Å². The van der Waals surface area contributed by atoms with Crippen molar-refractivity contribution in [2.75, 3.05) is 20.2 Å². The molecule has 0 fully saturated rings. The third-order valence-corrected chi connectivity index (χ3v) is 3.38. The molecule has 0 atom stereocenters. The number of nitrogens with zero attached hydrogens (tertiary/aromatic N) is 2. The Morgan fingerprint density at radius 3 is 2.63 bits per heavy atom. The first-order valence-electron chi connectivity index (χ1n) is 8.09. The molecule has 0 radical (unpaired) electrons. The SMILES string of the molecule is CN=C(NCCc1ccccn1)NCc1cccc(OCC(F)(F)F)c1.I. The maximum Gasteiger partial charge on any atom is 0.422 e. The molecule has 0 aliphatic rings. The van der Waals surface area contributed by atoms with Crippen LogP contribution in [-0.2, 0) is 13.0 Å². The number of ether oxygens (including phenoxy) is 1. The number of hydrogen-bond donors (Lipinski definition) is 2. The molecule has 0 amide bonds. The average Bonchev–Trinajstić information content (AvgIpc) is 2.63. The van der Waals surface area contributed by atoms with Crippen LogP contribution in [0.2, 0.25) is 0 Å². The van der Waals surface area contributed by atoms with Gasteiger partial charge in [-0.2, -0.15) is 13.2 Å². The number of nitrogens with one attached hydrogen (secondary N) is 2. The van der Waals surface area contributed by atoms with E-state index in [4.69, 9.17) is 4.74 Å². The lowest BCUT2D eigenvalue weighted by atomic mass is 10.2. The Labute approximate surface area is 173 Å². The van der Waals surface area contributed by atoms with Gasteiger partial charge in [0.25, 0.3) is 0 Å². The van der Waals surface area contributed by atoms with Gasteiger partial charge in [-0.25, -0.2) is 0 Å². The lowest BCUT2D eigenvalue weighted by molar-refractivity contribution is -0.153. The lowest BCUT2D eigenvalue weighted by Crippen LogP contribution is -2.37. The second kappa shape index (κ2) is 11.6. The molecule has 2 aromatic rings. The zero-order chi connectivity index (χ0) is 18.8. The van der Waals surface area contributed by atoms with Crippen LogP contribution in [0.3, 0.4) is 0 Å². The van der Waals surface area contributed by atoms with Gasteiger partial charge in [-0.1, -0.05) is 18.2 Å². The highest BCUT2D eigenvalue weighted by Gasteiger charge is 2.28. The molecular formula is C18H22F3IN4O. The van der Waals surface area contributed by atoms with Gasteiger partial charge in [0.1, 0.15) is 5.75 Å². The first-order valence-corrected chi connectivity index (χ1v) is 8.09. The van der Waals surface area contributed by atoms with Gasteiger partial charge in [0.15, 0.2) is 12.6 Å². The van der Waals surface area contributed by atoms with E-state index in [-0.39, 0.29) is 29.7 Å². The van der Waals surface area contributed by atoms with Gasteiger partial charge < -0.3 is 15.4 Å². The molecule has 0 bridgehead atoms. The Bertz CT molecular complexity index is 711. The van der Waals surface area contributed by atoms with E-state index in [0.717, 1.165) is 17.7 Å². The minimum Gasteiger partial charge on any atom is -0.484 e. The molecule has 5 nitrogen and oxygen atoms in total. The molecule has 9 heteroatoms. The monoisotopic (exact) mass is 494 g/mol. The van der Waals surface area contributed by atoms with E-state index in [0.29, 0.717) is 19.0 Å². The Morgan fingerprint density at radius 1 is 1.15 bits per heavy atom. The second-order valence-corrected chi connectivity index (χ2v) is 5.47. The van der Waals surface area contributed by atoms with Gasteiger partial charge in [-0.15, -0.1) is 24.0 Å². The highest BCUT2D eigenvalue weighted by Crippen LogP contribution is 2.19. The predicted molar refractivity (Wildman–Crippen MR) is 110 cm³/mol. The molecule has 148 valence electrons.